The summed E-state index contributed by atoms with van der Waals surface area (Å²) in [5.41, 5.74) is 3.85. The van der Waals surface area contributed by atoms with E-state index in [1.165, 1.54) is 5.69 Å². The van der Waals surface area contributed by atoms with Gasteiger partial charge in [-0.25, -0.2) is 4.79 Å². The number of benzene rings is 2. The molecule has 2 aromatic carbocycles. The third-order valence-corrected chi connectivity index (χ3v) is 5.18. The number of aromatic carboxylic acids is 1. The number of anilines is 1. The highest BCUT2D eigenvalue weighted by Gasteiger charge is 2.17. The van der Waals surface area contributed by atoms with Gasteiger partial charge in [0.25, 0.3) is 0 Å². The number of rotatable bonds is 4. The predicted molar refractivity (Wildman–Crippen MR) is 102 cm³/mol. The zero-order valence-electron chi connectivity index (χ0n) is 14.4. The molecule has 1 aliphatic rings. The summed E-state index contributed by atoms with van der Waals surface area (Å²) in [6.07, 6.45) is 1.10. The second kappa shape index (κ2) is 7.89. The van der Waals surface area contributed by atoms with Gasteiger partial charge in [-0.2, -0.15) is 0 Å². The second-order valence-electron chi connectivity index (χ2n) is 6.50. The Morgan fingerprint density at radius 1 is 1.08 bits per heavy atom. The molecule has 0 spiro atoms. The molecule has 132 valence electrons. The lowest BCUT2D eigenvalue weighted by Gasteiger charge is -2.25. The minimum atomic E-state index is -0.881. The fourth-order valence-electron chi connectivity index (χ4n) is 3.32. The van der Waals surface area contributed by atoms with Crippen molar-refractivity contribution in [2.45, 2.75) is 19.9 Å². The van der Waals surface area contributed by atoms with Crippen molar-refractivity contribution in [1.82, 2.24) is 4.90 Å². The first-order valence-electron chi connectivity index (χ1n) is 8.59. The number of carbonyl (C=O) groups is 1. The lowest BCUT2D eigenvalue weighted by Crippen LogP contribution is -2.30. The first-order chi connectivity index (χ1) is 12.0. The first kappa shape index (κ1) is 17.8. The van der Waals surface area contributed by atoms with E-state index < -0.39 is 5.97 Å². The molecule has 0 bridgehead atoms. The van der Waals surface area contributed by atoms with Gasteiger partial charge >= 0.3 is 5.97 Å². The van der Waals surface area contributed by atoms with Crippen LogP contribution >= 0.6 is 11.6 Å². The number of carboxylic acid groups (broad SMARTS) is 1. The van der Waals surface area contributed by atoms with E-state index in [0.717, 1.165) is 55.3 Å². The Bertz CT molecular complexity index is 746. The molecular formula is C20H23ClN2O2. The van der Waals surface area contributed by atoms with E-state index in [1.807, 2.05) is 24.3 Å². The highest BCUT2D eigenvalue weighted by atomic mass is 35.5. The van der Waals surface area contributed by atoms with E-state index in [-0.39, 0.29) is 0 Å². The maximum atomic E-state index is 10.9. The Labute approximate surface area is 153 Å². The quantitative estimate of drug-likeness (QED) is 0.895. The lowest BCUT2D eigenvalue weighted by atomic mass is 10.1. The third kappa shape index (κ3) is 4.33. The van der Waals surface area contributed by atoms with E-state index in [0.29, 0.717) is 5.56 Å². The first-order valence-corrected chi connectivity index (χ1v) is 8.97. The van der Waals surface area contributed by atoms with Gasteiger partial charge in [0.1, 0.15) is 0 Å². The van der Waals surface area contributed by atoms with Crippen molar-refractivity contribution in [3.63, 3.8) is 0 Å². The lowest BCUT2D eigenvalue weighted by molar-refractivity contribution is 0.0697. The number of hydrogen-bond donors (Lipinski definition) is 1. The summed E-state index contributed by atoms with van der Waals surface area (Å²) in [7, 11) is 0. The Morgan fingerprint density at radius 3 is 2.56 bits per heavy atom. The van der Waals surface area contributed by atoms with Crippen molar-refractivity contribution in [2.75, 3.05) is 31.1 Å². The molecule has 1 saturated heterocycles. The molecule has 2 aromatic rings. The van der Waals surface area contributed by atoms with E-state index in [9.17, 15) is 4.79 Å². The average molecular weight is 359 g/mol. The molecule has 0 unspecified atom stereocenters. The molecule has 0 radical (unpaired) electrons. The van der Waals surface area contributed by atoms with E-state index >= 15 is 0 Å². The summed E-state index contributed by atoms with van der Waals surface area (Å²) < 4.78 is 0. The molecule has 1 heterocycles. The summed E-state index contributed by atoms with van der Waals surface area (Å²) in [5.74, 6) is -0.881. The monoisotopic (exact) mass is 358 g/mol. The third-order valence-electron chi connectivity index (χ3n) is 4.78. The fourth-order valence-corrected chi connectivity index (χ4v) is 3.49. The van der Waals surface area contributed by atoms with Crippen LogP contribution < -0.4 is 4.90 Å². The van der Waals surface area contributed by atoms with Crippen molar-refractivity contribution in [3.05, 3.63) is 64.2 Å². The normalized spacial score (nSPS) is 15.8. The molecule has 3 rings (SSSR count). The SMILES string of the molecule is Cc1c(Cl)cccc1N1CCCN(Cc2ccc(C(=O)O)cc2)CC1. The van der Waals surface area contributed by atoms with Gasteiger partial charge in [0.15, 0.2) is 0 Å². The van der Waals surface area contributed by atoms with Crippen molar-refractivity contribution in [1.29, 1.82) is 0 Å². The maximum absolute atomic E-state index is 10.9. The van der Waals surface area contributed by atoms with Gasteiger partial charge in [-0.1, -0.05) is 29.8 Å². The zero-order valence-corrected chi connectivity index (χ0v) is 15.2. The molecule has 1 aliphatic heterocycles. The van der Waals surface area contributed by atoms with Crippen LogP contribution in [0.25, 0.3) is 0 Å². The molecule has 0 aliphatic carbocycles. The molecule has 4 nitrogen and oxygen atoms in total. The number of nitrogens with zero attached hydrogens (tertiary/aromatic N) is 2. The van der Waals surface area contributed by atoms with Crippen LogP contribution in [-0.4, -0.2) is 42.2 Å². The van der Waals surface area contributed by atoms with Crippen LogP contribution in [0.4, 0.5) is 5.69 Å². The standard InChI is InChI=1S/C20H23ClN2O2/c1-15-18(21)4-2-5-19(15)23-11-3-10-22(12-13-23)14-16-6-8-17(9-7-16)20(24)25/h2,4-9H,3,10-14H2,1H3,(H,24,25). The van der Waals surface area contributed by atoms with Gasteiger partial charge in [-0.15, -0.1) is 0 Å². The number of hydrogen-bond acceptors (Lipinski definition) is 3. The molecule has 5 heteroatoms. The fraction of sp³-hybridized carbons (Fsp3) is 0.350. The molecule has 1 fully saturated rings. The van der Waals surface area contributed by atoms with Gasteiger partial charge in [0.05, 0.1) is 5.56 Å². The van der Waals surface area contributed by atoms with Crippen LogP contribution in [0.5, 0.6) is 0 Å². The zero-order chi connectivity index (χ0) is 17.8. The van der Waals surface area contributed by atoms with Crippen molar-refractivity contribution >= 4 is 23.3 Å². The molecule has 25 heavy (non-hydrogen) atoms. The summed E-state index contributed by atoms with van der Waals surface area (Å²) in [6.45, 7) is 6.93. The Hall–Kier alpha value is -2.04. The Kier molecular flexibility index (Phi) is 5.61. The molecule has 0 amide bonds. The minimum Gasteiger partial charge on any atom is -0.478 e. The number of carboxylic acids is 1. The largest absolute Gasteiger partial charge is 0.478 e. The van der Waals surface area contributed by atoms with Gasteiger partial charge in [-0.3, -0.25) is 4.90 Å². The van der Waals surface area contributed by atoms with Crippen LogP contribution in [0.2, 0.25) is 5.02 Å². The second-order valence-corrected chi connectivity index (χ2v) is 6.91. The van der Waals surface area contributed by atoms with Gasteiger partial charge < -0.3 is 10.0 Å². The van der Waals surface area contributed by atoms with E-state index in [4.69, 9.17) is 16.7 Å². The highest BCUT2D eigenvalue weighted by molar-refractivity contribution is 6.31. The Balaban J connectivity index is 1.63. The molecule has 1 N–H and O–H groups in total. The van der Waals surface area contributed by atoms with Crippen molar-refractivity contribution < 1.29 is 9.90 Å². The van der Waals surface area contributed by atoms with Crippen molar-refractivity contribution in [3.8, 4) is 0 Å². The minimum absolute atomic E-state index is 0.335. The summed E-state index contributed by atoms with van der Waals surface area (Å²) >= 11 is 6.27. The topological polar surface area (TPSA) is 43.8 Å². The van der Waals surface area contributed by atoms with Crippen LogP contribution in [0.3, 0.4) is 0 Å². The maximum Gasteiger partial charge on any atom is 0.335 e. The molecule has 0 atom stereocenters. The highest BCUT2D eigenvalue weighted by Crippen LogP contribution is 2.27. The Morgan fingerprint density at radius 2 is 1.84 bits per heavy atom. The summed E-state index contributed by atoms with van der Waals surface area (Å²) in [4.78, 5) is 15.8. The molecule has 0 aromatic heterocycles. The van der Waals surface area contributed by atoms with Gasteiger partial charge in [0.2, 0.25) is 0 Å². The van der Waals surface area contributed by atoms with Crippen LogP contribution in [0.15, 0.2) is 42.5 Å². The van der Waals surface area contributed by atoms with Crippen LogP contribution in [0, 0.1) is 6.92 Å². The smallest absolute Gasteiger partial charge is 0.335 e. The molecular weight excluding hydrogens is 336 g/mol. The average Bonchev–Trinajstić information content (AvgIpc) is 2.83. The summed E-state index contributed by atoms with van der Waals surface area (Å²) in [5, 5.41) is 9.81. The van der Waals surface area contributed by atoms with E-state index in [2.05, 4.69) is 22.8 Å². The van der Waals surface area contributed by atoms with Gasteiger partial charge in [-0.05, 0) is 48.7 Å². The van der Waals surface area contributed by atoms with Crippen molar-refractivity contribution in [2.24, 2.45) is 0 Å². The number of halogens is 1. The summed E-state index contributed by atoms with van der Waals surface area (Å²) in [6, 6.07) is 13.3. The molecule has 0 saturated carbocycles. The predicted octanol–water partition coefficient (Wildman–Crippen LogP) is 4.06. The van der Waals surface area contributed by atoms with Gasteiger partial charge in [0, 0.05) is 43.4 Å². The van der Waals surface area contributed by atoms with Crippen LogP contribution in [0.1, 0.15) is 27.9 Å². The van der Waals surface area contributed by atoms with Crippen LogP contribution in [-0.2, 0) is 6.54 Å². The van der Waals surface area contributed by atoms with E-state index in [1.54, 1.807) is 12.1 Å².